The summed E-state index contributed by atoms with van der Waals surface area (Å²) in [5, 5.41) is 51.4. The van der Waals surface area contributed by atoms with Crippen LogP contribution in [0, 0.1) is 0 Å². The molecule has 2 heterocycles. The Kier molecular flexibility index (Phi) is 7.04. The number of aliphatic hydroxyl groups is 5. The third kappa shape index (κ3) is 4.64. The van der Waals surface area contributed by atoms with Gasteiger partial charge in [-0.15, -0.1) is 0 Å². The Bertz CT molecular complexity index is 915. The average Bonchev–Trinajstić information content (AvgIpc) is 3.30. The number of benzene rings is 2. The van der Waals surface area contributed by atoms with Gasteiger partial charge in [0, 0.05) is 17.0 Å². The van der Waals surface area contributed by atoms with Gasteiger partial charge in [0.25, 0.3) is 0 Å². The van der Waals surface area contributed by atoms with Crippen LogP contribution in [0.5, 0.6) is 5.75 Å². The molecule has 5 unspecified atom stereocenters. The van der Waals surface area contributed by atoms with Gasteiger partial charge < -0.3 is 39.7 Å². The molecule has 0 spiro atoms. The fourth-order valence-corrected chi connectivity index (χ4v) is 4.21. The summed E-state index contributed by atoms with van der Waals surface area (Å²) in [7, 11) is 0. The molecular formula is C23H27ClO8. The zero-order valence-corrected chi connectivity index (χ0v) is 18.1. The Morgan fingerprint density at radius 2 is 1.81 bits per heavy atom. The van der Waals surface area contributed by atoms with Crippen molar-refractivity contribution in [2.75, 3.05) is 19.8 Å². The van der Waals surface area contributed by atoms with Crippen molar-refractivity contribution < 1.29 is 39.7 Å². The normalized spacial score (nSPS) is 32.8. The lowest BCUT2D eigenvalue weighted by Gasteiger charge is -2.45. The van der Waals surface area contributed by atoms with E-state index in [1.54, 1.807) is 12.1 Å². The third-order valence-electron chi connectivity index (χ3n) is 5.93. The van der Waals surface area contributed by atoms with Crippen molar-refractivity contribution >= 4 is 11.6 Å². The number of rotatable bonds is 6. The van der Waals surface area contributed by atoms with Crippen LogP contribution in [0.2, 0.25) is 5.02 Å². The van der Waals surface area contributed by atoms with E-state index < -0.39 is 36.8 Å². The zero-order valence-electron chi connectivity index (χ0n) is 17.3. The molecule has 4 rings (SSSR count). The molecule has 0 amide bonds. The molecule has 0 bridgehead atoms. The van der Waals surface area contributed by atoms with Gasteiger partial charge in [0.05, 0.1) is 19.8 Å². The minimum Gasteiger partial charge on any atom is -0.488 e. The average molecular weight is 467 g/mol. The fourth-order valence-electron chi connectivity index (χ4n) is 4.03. The van der Waals surface area contributed by atoms with E-state index in [4.69, 9.17) is 25.8 Å². The highest BCUT2D eigenvalue weighted by atomic mass is 35.5. The Hall–Kier alpha value is -1.75. The number of hydrogen-bond donors (Lipinski definition) is 5. The van der Waals surface area contributed by atoms with Gasteiger partial charge >= 0.3 is 0 Å². The van der Waals surface area contributed by atoms with Crippen LogP contribution in [0.4, 0.5) is 0 Å². The maximum atomic E-state index is 11.0. The van der Waals surface area contributed by atoms with E-state index >= 15 is 0 Å². The Balaban J connectivity index is 1.53. The van der Waals surface area contributed by atoms with Crippen molar-refractivity contribution in [3.8, 4) is 5.75 Å². The summed E-state index contributed by atoms with van der Waals surface area (Å²) in [4.78, 5) is 0. The highest BCUT2D eigenvalue weighted by Gasteiger charge is 2.53. The van der Waals surface area contributed by atoms with Crippen molar-refractivity contribution in [2.24, 2.45) is 0 Å². The van der Waals surface area contributed by atoms with Crippen molar-refractivity contribution in [3.05, 3.63) is 64.2 Å². The van der Waals surface area contributed by atoms with Crippen LogP contribution in [0.1, 0.15) is 23.1 Å². The van der Waals surface area contributed by atoms with Gasteiger partial charge in [0.1, 0.15) is 36.3 Å². The molecule has 0 aliphatic carbocycles. The predicted molar refractivity (Wildman–Crippen MR) is 114 cm³/mol. The van der Waals surface area contributed by atoms with Gasteiger partial charge in [-0.1, -0.05) is 29.8 Å². The molecule has 6 atom stereocenters. The first-order chi connectivity index (χ1) is 15.3. The molecule has 0 saturated carbocycles. The lowest BCUT2D eigenvalue weighted by atomic mass is 9.87. The number of halogens is 1. The lowest BCUT2D eigenvalue weighted by Crippen LogP contribution is -2.63. The van der Waals surface area contributed by atoms with Gasteiger partial charge in [-0.3, -0.25) is 0 Å². The summed E-state index contributed by atoms with van der Waals surface area (Å²) in [5.41, 5.74) is 1.75. The van der Waals surface area contributed by atoms with E-state index in [0.717, 1.165) is 17.7 Å². The number of ether oxygens (including phenoxy) is 3. The Morgan fingerprint density at radius 1 is 1.06 bits per heavy atom. The van der Waals surface area contributed by atoms with E-state index in [0.29, 0.717) is 30.2 Å². The van der Waals surface area contributed by atoms with Crippen molar-refractivity contribution in [1.29, 1.82) is 0 Å². The fraction of sp³-hybridized carbons (Fsp3) is 0.478. The first-order valence-electron chi connectivity index (χ1n) is 10.5. The summed E-state index contributed by atoms with van der Waals surface area (Å²) < 4.78 is 16.6. The van der Waals surface area contributed by atoms with E-state index in [9.17, 15) is 25.5 Å². The third-order valence-corrected chi connectivity index (χ3v) is 6.30. The molecular weight excluding hydrogens is 440 g/mol. The van der Waals surface area contributed by atoms with Crippen LogP contribution in [0.15, 0.2) is 42.5 Å². The molecule has 2 aliphatic rings. The molecule has 32 heavy (non-hydrogen) atoms. The molecule has 8 nitrogen and oxygen atoms in total. The second-order valence-electron chi connectivity index (χ2n) is 8.19. The van der Waals surface area contributed by atoms with Gasteiger partial charge in [0.2, 0.25) is 5.79 Å². The maximum Gasteiger partial charge on any atom is 0.222 e. The van der Waals surface area contributed by atoms with E-state index in [2.05, 4.69) is 0 Å². The maximum absolute atomic E-state index is 11.0. The Labute approximate surface area is 190 Å². The first-order valence-corrected chi connectivity index (χ1v) is 10.9. The van der Waals surface area contributed by atoms with E-state index in [-0.39, 0.29) is 11.7 Å². The highest BCUT2D eigenvalue weighted by molar-refractivity contribution is 6.31. The van der Waals surface area contributed by atoms with Crippen LogP contribution >= 0.6 is 11.6 Å². The van der Waals surface area contributed by atoms with Crippen molar-refractivity contribution in [2.45, 2.75) is 49.1 Å². The SMILES string of the molecule is OCC1O[C@](O)(c2ccc(Cl)c(Cc3ccc(OC4CCOC4)cc3)c2)C(O)C(O)C1O. The van der Waals surface area contributed by atoms with Crippen LogP contribution in [-0.4, -0.2) is 75.9 Å². The van der Waals surface area contributed by atoms with Gasteiger partial charge in [-0.05, 0) is 41.8 Å². The summed E-state index contributed by atoms with van der Waals surface area (Å²) >= 11 is 6.37. The van der Waals surface area contributed by atoms with Crippen LogP contribution in [0.3, 0.4) is 0 Å². The molecule has 0 radical (unpaired) electrons. The second kappa shape index (κ2) is 9.62. The summed E-state index contributed by atoms with van der Waals surface area (Å²) in [6, 6.07) is 12.2. The first kappa shape index (κ1) is 23.4. The molecule has 2 aromatic rings. The molecule has 2 aromatic carbocycles. The van der Waals surface area contributed by atoms with Gasteiger partial charge in [-0.2, -0.15) is 0 Å². The largest absolute Gasteiger partial charge is 0.488 e. The standard InChI is InChI=1S/C23H27ClO8/c24-18-6-3-15(23(29)22(28)21(27)20(26)19(11-25)32-23)10-14(18)9-13-1-4-16(5-2-13)31-17-7-8-30-12-17/h1-6,10,17,19-22,25-29H,7-9,11-12H2/t17?,19?,20?,21?,22?,23-/m1/s1. The van der Waals surface area contributed by atoms with Crippen LogP contribution < -0.4 is 4.74 Å². The molecule has 174 valence electrons. The van der Waals surface area contributed by atoms with E-state index in [1.165, 1.54) is 6.07 Å². The monoisotopic (exact) mass is 466 g/mol. The van der Waals surface area contributed by atoms with E-state index in [1.807, 2.05) is 24.3 Å². The molecule has 2 saturated heterocycles. The summed E-state index contributed by atoms with van der Waals surface area (Å²) in [6.45, 7) is 0.649. The molecule has 0 aromatic heterocycles. The lowest BCUT2D eigenvalue weighted by molar-refractivity contribution is -0.357. The smallest absolute Gasteiger partial charge is 0.222 e. The minimum absolute atomic E-state index is 0.0613. The number of aliphatic hydroxyl groups excluding tert-OH is 4. The molecule has 2 fully saturated rings. The topological polar surface area (TPSA) is 129 Å². The second-order valence-corrected chi connectivity index (χ2v) is 8.60. The highest BCUT2D eigenvalue weighted by Crippen LogP contribution is 2.38. The van der Waals surface area contributed by atoms with Crippen LogP contribution in [0.25, 0.3) is 0 Å². The minimum atomic E-state index is -2.33. The number of hydrogen-bond acceptors (Lipinski definition) is 8. The van der Waals surface area contributed by atoms with Crippen LogP contribution in [-0.2, 0) is 21.7 Å². The quantitative estimate of drug-likeness (QED) is 0.421. The van der Waals surface area contributed by atoms with Gasteiger partial charge in [-0.25, -0.2) is 0 Å². The summed E-state index contributed by atoms with van der Waals surface area (Å²) in [5.74, 6) is -1.58. The molecule has 5 N–H and O–H groups in total. The van der Waals surface area contributed by atoms with Crippen molar-refractivity contribution in [1.82, 2.24) is 0 Å². The van der Waals surface area contributed by atoms with Crippen molar-refractivity contribution in [3.63, 3.8) is 0 Å². The summed E-state index contributed by atoms with van der Waals surface area (Å²) in [6.07, 6.45) is -4.99. The molecule has 2 aliphatic heterocycles. The zero-order chi connectivity index (χ0) is 22.9. The predicted octanol–water partition coefficient (Wildman–Crippen LogP) is 0.717. The molecule has 9 heteroatoms. The van der Waals surface area contributed by atoms with Gasteiger partial charge in [0.15, 0.2) is 0 Å². The Morgan fingerprint density at radius 3 is 2.47 bits per heavy atom.